The van der Waals surface area contributed by atoms with Gasteiger partial charge in [0.05, 0.1) is 6.10 Å². The molecule has 2 bridgehead atoms. The van der Waals surface area contributed by atoms with Crippen LogP contribution in [0.15, 0.2) is 0 Å². The third-order valence-corrected chi connectivity index (χ3v) is 8.92. The van der Waals surface area contributed by atoms with Crippen molar-refractivity contribution in [2.45, 2.75) is 78.7 Å². The summed E-state index contributed by atoms with van der Waals surface area (Å²) in [6.45, 7) is 9.19. The monoisotopic (exact) mass is 304 g/mol. The number of Topliss-reactive ketones (excluding diaryl/α,β-unsaturated/α-hetero) is 1. The van der Waals surface area contributed by atoms with Gasteiger partial charge in [-0.15, -0.1) is 0 Å². The second kappa shape index (κ2) is 4.37. The second-order valence-corrected chi connectivity index (χ2v) is 9.88. The predicted octanol–water partition coefficient (Wildman–Crippen LogP) is 4.21. The van der Waals surface area contributed by atoms with Gasteiger partial charge in [-0.1, -0.05) is 27.7 Å². The van der Waals surface area contributed by atoms with E-state index in [-0.39, 0.29) is 22.3 Å². The summed E-state index contributed by atoms with van der Waals surface area (Å²) in [5.74, 6) is 2.70. The van der Waals surface area contributed by atoms with Crippen molar-refractivity contribution >= 4 is 5.78 Å². The van der Waals surface area contributed by atoms with Gasteiger partial charge in [0.1, 0.15) is 5.78 Å². The molecule has 22 heavy (non-hydrogen) atoms. The number of aliphatic hydroxyl groups is 1. The smallest absolute Gasteiger partial charge is 0.142 e. The molecule has 0 amide bonds. The Morgan fingerprint density at radius 2 is 1.73 bits per heavy atom. The van der Waals surface area contributed by atoms with E-state index >= 15 is 0 Å². The van der Waals surface area contributed by atoms with Gasteiger partial charge in [-0.2, -0.15) is 0 Å². The number of hydrogen-bond donors (Lipinski definition) is 1. The van der Waals surface area contributed by atoms with E-state index in [1.165, 1.54) is 19.3 Å². The van der Waals surface area contributed by atoms with E-state index in [0.29, 0.717) is 29.5 Å². The van der Waals surface area contributed by atoms with Crippen molar-refractivity contribution in [1.82, 2.24) is 0 Å². The summed E-state index contributed by atoms with van der Waals surface area (Å²) in [4.78, 5) is 13.1. The van der Waals surface area contributed by atoms with E-state index in [1.807, 2.05) is 0 Å². The molecule has 2 heteroatoms. The Hall–Kier alpha value is -0.370. The van der Waals surface area contributed by atoms with E-state index in [1.54, 1.807) is 0 Å². The number of ketones is 1. The number of carbonyl (C=O) groups is 1. The lowest BCUT2D eigenvalue weighted by Gasteiger charge is -2.64. The highest BCUT2D eigenvalue weighted by molar-refractivity contribution is 5.90. The van der Waals surface area contributed by atoms with Gasteiger partial charge in [0, 0.05) is 11.3 Å². The van der Waals surface area contributed by atoms with Crippen LogP contribution in [0.5, 0.6) is 0 Å². The topological polar surface area (TPSA) is 37.3 Å². The molecular weight excluding hydrogens is 272 g/mol. The normalized spacial score (nSPS) is 56.4. The van der Waals surface area contributed by atoms with Gasteiger partial charge >= 0.3 is 0 Å². The van der Waals surface area contributed by atoms with Crippen molar-refractivity contribution in [3.63, 3.8) is 0 Å². The summed E-state index contributed by atoms with van der Waals surface area (Å²) in [6, 6.07) is 0. The van der Waals surface area contributed by atoms with Crippen LogP contribution in [-0.4, -0.2) is 17.0 Å². The molecule has 0 aliphatic heterocycles. The van der Waals surface area contributed by atoms with Crippen LogP contribution in [0, 0.1) is 39.9 Å². The van der Waals surface area contributed by atoms with Crippen molar-refractivity contribution in [1.29, 1.82) is 0 Å². The summed E-state index contributed by atoms with van der Waals surface area (Å²) in [5.41, 5.74) is 0.260. The standard InChI is InChI=1S/C20H32O2/c1-12-13-5-6-15-19(4)9-8-16(21)18(2,3)14(19)7-10-20(15,11-13)17(12)22/h12-16,21H,5-11H2,1-4H3/t12-,13-,14-,15+,16-,19-,20-/m1/s1. The number of hydrogen-bond acceptors (Lipinski definition) is 2. The minimum Gasteiger partial charge on any atom is -0.393 e. The van der Waals surface area contributed by atoms with Gasteiger partial charge < -0.3 is 5.11 Å². The maximum Gasteiger partial charge on any atom is 0.142 e. The fraction of sp³-hybridized carbons (Fsp3) is 0.950. The third-order valence-electron chi connectivity index (χ3n) is 8.92. The highest BCUT2D eigenvalue weighted by Crippen LogP contribution is 2.71. The Labute approximate surface area is 135 Å². The first-order valence-corrected chi connectivity index (χ1v) is 9.46. The highest BCUT2D eigenvalue weighted by Gasteiger charge is 2.67. The summed E-state index contributed by atoms with van der Waals surface area (Å²) in [6.07, 6.45) is 7.76. The zero-order valence-electron chi connectivity index (χ0n) is 14.7. The minimum atomic E-state index is -0.172. The van der Waals surface area contributed by atoms with Crippen molar-refractivity contribution < 1.29 is 9.90 Å². The molecular formula is C20H32O2. The lowest BCUT2D eigenvalue weighted by molar-refractivity contribution is -0.183. The highest BCUT2D eigenvalue weighted by atomic mass is 16.3. The minimum absolute atomic E-state index is 0.00126. The van der Waals surface area contributed by atoms with E-state index < -0.39 is 0 Å². The molecule has 4 aliphatic rings. The predicted molar refractivity (Wildman–Crippen MR) is 87.3 cm³/mol. The van der Waals surface area contributed by atoms with Crippen molar-refractivity contribution in [2.75, 3.05) is 0 Å². The number of aliphatic hydroxyl groups excluding tert-OH is 1. The Balaban J connectivity index is 1.77. The molecule has 0 aromatic heterocycles. The first kappa shape index (κ1) is 15.2. The Kier molecular flexibility index (Phi) is 3.02. The van der Waals surface area contributed by atoms with Crippen LogP contribution in [0.3, 0.4) is 0 Å². The lowest BCUT2D eigenvalue weighted by Crippen LogP contribution is -2.60. The first-order valence-electron chi connectivity index (χ1n) is 9.46. The largest absolute Gasteiger partial charge is 0.393 e. The molecule has 0 aromatic carbocycles. The summed E-state index contributed by atoms with van der Waals surface area (Å²) in [5, 5.41) is 10.5. The fourth-order valence-electron chi connectivity index (χ4n) is 7.69. The van der Waals surface area contributed by atoms with Gasteiger partial charge in [-0.25, -0.2) is 0 Å². The molecule has 4 aliphatic carbocycles. The van der Waals surface area contributed by atoms with E-state index in [4.69, 9.17) is 0 Å². The van der Waals surface area contributed by atoms with Gasteiger partial charge in [0.15, 0.2) is 0 Å². The average molecular weight is 304 g/mol. The summed E-state index contributed by atoms with van der Waals surface area (Å²) >= 11 is 0. The molecule has 124 valence electrons. The summed E-state index contributed by atoms with van der Waals surface area (Å²) in [7, 11) is 0. The third kappa shape index (κ3) is 1.58. The molecule has 0 unspecified atom stereocenters. The van der Waals surface area contributed by atoms with Crippen LogP contribution in [0.4, 0.5) is 0 Å². The van der Waals surface area contributed by atoms with E-state index in [2.05, 4.69) is 27.7 Å². The molecule has 4 saturated carbocycles. The Morgan fingerprint density at radius 3 is 2.45 bits per heavy atom. The lowest BCUT2D eigenvalue weighted by atomic mass is 9.40. The van der Waals surface area contributed by atoms with Crippen LogP contribution in [0.2, 0.25) is 0 Å². The quantitative estimate of drug-likeness (QED) is 0.728. The maximum absolute atomic E-state index is 13.1. The van der Waals surface area contributed by atoms with Crippen LogP contribution in [-0.2, 0) is 4.79 Å². The Bertz CT molecular complexity index is 510. The molecule has 0 radical (unpaired) electrons. The first-order chi connectivity index (χ1) is 10.2. The van der Waals surface area contributed by atoms with Gasteiger partial charge in [-0.05, 0) is 73.5 Å². The molecule has 7 atom stereocenters. The summed E-state index contributed by atoms with van der Waals surface area (Å²) < 4.78 is 0. The second-order valence-electron chi connectivity index (χ2n) is 9.88. The van der Waals surface area contributed by atoms with Crippen molar-refractivity contribution in [2.24, 2.45) is 39.9 Å². The fourth-order valence-corrected chi connectivity index (χ4v) is 7.69. The van der Waals surface area contributed by atoms with Crippen LogP contribution in [0.1, 0.15) is 72.6 Å². The molecule has 4 fully saturated rings. The van der Waals surface area contributed by atoms with Gasteiger partial charge in [0.2, 0.25) is 0 Å². The van der Waals surface area contributed by atoms with Crippen LogP contribution < -0.4 is 0 Å². The molecule has 0 heterocycles. The number of carbonyl (C=O) groups excluding carboxylic acids is 1. The van der Waals surface area contributed by atoms with Crippen molar-refractivity contribution in [3.8, 4) is 0 Å². The van der Waals surface area contributed by atoms with E-state index in [0.717, 1.165) is 25.7 Å². The van der Waals surface area contributed by atoms with Gasteiger partial charge in [0.25, 0.3) is 0 Å². The number of rotatable bonds is 0. The van der Waals surface area contributed by atoms with Crippen LogP contribution in [0.25, 0.3) is 0 Å². The zero-order valence-corrected chi connectivity index (χ0v) is 14.7. The molecule has 0 aromatic rings. The Morgan fingerprint density at radius 1 is 1.00 bits per heavy atom. The maximum atomic E-state index is 13.1. The molecule has 1 spiro atoms. The molecule has 2 nitrogen and oxygen atoms in total. The van der Waals surface area contributed by atoms with Crippen LogP contribution >= 0.6 is 0 Å². The molecule has 1 N–H and O–H groups in total. The van der Waals surface area contributed by atoms with Crippen molar-refractivity contribution in [3.05, 3.63) is 0 Å². The SMILES string of the molecule is C[C@H]1C(=O)[C@@]23CC[C@@H]4C(C)(C)[C@H](O)CC[C@@]4(C)[C@@H]2CC[C@@H]1C3. The van der Waals surface area contributed by atoms with E-state index in [9.17, 15) is 9.90 Å². The number of fused-ring (bicyclic) bond motifs is 3. The average Bonchev–Trinajstić information content (AvgIpc) is 2.65. The zero-order chi connectivity index (χ0) is 15.9. The molecule has 4 rings (SSSR count). The molecule has 0 saturated heterocycles. The van der Waals surface area contributed by atoms with Gasteiger partial charge in [-0.3, -0.25) is 4.79 Å².